The molecule has 1 N–H and O–H groups in total. The average molecular weight is 389 g/mol. The van der Waals surface area contributed by atoms with Gasteiger partial charge in [0.1, 0.15) is 0 Å². The van der Waals surface area contributed by atoms with Crippen LogP contribution in [-0.4, -0.2) is 44.8 Å². The number of esters is 1. The summed E-state index contributed by atoms with van der Waals surface area (Å²) in [6, 6.07) is 12.3. The summed E-state index contributed by atoms with van der Waals surface area (Å²) in [7, 11) is -2.24. The van der Waals surface area contributed by atoms with Gasteiger partial charge in [-0.2, -0.15) is 0 Å². The van der Waals surface area contributed by atoms with Crippen LogP contribution >= 0.6 is 0 Å². The van der Waals surface area contributed by atoms with Crippen molar-refractivity contribution in [3.05, 3.63) is 59.9 Å². The number of piperidine rings is 1. The minimum absolute atomic E-state index is 0.109. The van der Waals surface area contributed by atoms with Crippen LogP contribution in [0.1, 0.15) is 28.9 Å². The van der Waals surface area contributed by atoms with E-state index in [-0.39, 0.29) is 6.54 Å². The number of para-hydroxylation sites is 1. The van der Waals surface area contributed by atoms with Crippen molar-refractivity contribution in [2.45, 2.75) is 24.6 Å². The molecule has 0 unspecified atom stereocenters. The van der Waals surface area contributed by atoms with E-state index in [4.69, 9.17) is 0 Å². The Morgan fingerprint density at radius 2 is 1.89 bits per heavy atom. The minimum atomic E-state index is -3.54. The summed E-state index contributed by atoms with van der Waals surface area (Å²) in [5.41, 5.74) is 1.49. The van der Waals surface area contributed by atoms with Gasteiger partial charge in [-0.3, -0.25) is 9.29 Å². The number of benzene rings is 1. The SMILES string of the molecule is COC(=O)c1ccc(CN(c2ccccc2)S(=O)(=O)C2CCNCC2)nc1. The Morgan fingerprint density at radius 1 is 1.19 bits per heavy atom. The maximum Gasteiger partial charge on any atom is 0.339 e. The number of aromatic nitrogens is 1. The van der Waals surface area contributed by atoms with E-state index in [1.54, 1.807) is 24.3 Å². The molecule has 2 heterocycles. The molecule has 1 aromatic heterocycles. The number of carbonyl (C=O) groups excluding carboxylic acids is 1. The Hall–Kier alpha value is -2.45. The average Bonchev–Trinajstić information content (AvgIpc) is 2.73. The van der Waals surface area contributed by atoms with Crippen LogP contribution in [0.25, 0.3) is 0 Å². The third-order valence-electron chi connectivity index (χ3n) is 4.61. The second kappa shape index (κ2) is 8.49. The standard InChI is InChI=1S/C19H23N3O4S/c1-26-19(23)15-7-8-16(21-13-15)14-22(17-5-3-2-4-6-17)27(24,25)18-9-11-20-12-10-18/h2-8,13,18,20H,9-12,14H2,1H3. The van der Waals surface area contributed by atoms with Crippen molar-refractivity contribution in [2.24, 2.45) is 0 Å². The molecule has 8 heteroatoms. The van der Waals surface area contributed by atoms with Crippen LogP contribution in [-0.2, 0) is 21.3 Å². The van der Waals surface area contributed by atoms with E-state index >= 15 is 0 Å². The van der Waals surface area contributed by atoms with Crippen LogP contribution in [0.2, 0.25) is 0 Å². The minimum Gasteiger partial charge on any atom is -0.465 e. The normalized spacial score (nSPS) is 15.3. The molecule has 2 aromatic rings. The van der Waals surface area contributed by atoms with Crippen molar-refractivity contribution in [3.63, 3.8) is 0 Å². The Bertz CT molecular complexity index is 864. The van der Waals surface area contributed by atoms with E-state index in [2.05, 4.69) is 15.0 Å². The lowest BCUT2D eigenvalue weighted by atomic mass is 10.2. The number of hydrogen-bond acceptors (Lipinski definition) is 6. The van der Waals surface area contributed by atoms with Gasteiger partial charge in [0.15, 0.2) is 0 Å². The molecule has 0 spiro atoms. The molecule has 0 bridgehead atoms. The number of sulfonamides is 1. The lowest BCUT2D eigenvalue weighted by Crippen LogP contribution is -2.44. The van der Waals surface area contributed by atoms with Gasteiger partial charge in [-0.05, 0) is 50.2 Å². The van der Waals surface area contributed by atoms with Crippen LogP contribution in [0.5, 0.6) is 0 Å². The molecule has 0 radical (unpaired) electrons. The first kappa shape index (κ1) is 19.3. The fourth-order valence-electron chi connectivity index (χ4n) is 3.10. The van der Waals surface area contributed by atoms with Crippen LogP contribution < -0.4 is 9.62 Å². The molecule has 1 aromatic carbocycles. The van der Waals surface area contributed by atoms with E-state index in [1.807, 2.05) is 18.2 Å². The second-order valence-electron chi connectivity index (χ2n) is 6.37. The van der Waals surface area contributed by atoms with Gasteiger partial charge in [-0.15, -0.1) is 0 Å². The summed E-state index contributed by atoms with van der Waals surface area (Å²) in [4.78, 5) is 15.8. The highest BCUT2D eigenvalue weighted by molar-refractivity contribution is 7.93. The number of hydrogen-bond donors (Lipinski definition) is 1. The molecule has 0 saturated carbocycles. The van der Waals surface area contributed by atoms with Gasteiger partial charge in [0.2, 0.25) is 10.0 Å². The van der Waals surface area contributed by atoms with Gasteiger partial charge in [0.05, 0.1) is 35.8 Å². The smallest absolute Gasteiger partial charge is 0.339 e. The largest absolute Gasteiger partial charge is 0.465 e. The topological polar surface area (TPSA) is 88.6 Å². The first-order valence-corrected chi connectivity index (χ1v) is 10.3. The highest BCUT2D eigenvalue weighted by atomic mass is 32.2. The van der Waals surface area contributed by atoms with Crippen molar-refractivity contribution in [3.8, 4) is 0 Å². The molecular weight excluding hydrogens is 366 g/mol. The van der Waals surface area contributed by atoms with E-state index in [0.717, 1.165) is 0 Å². The Labute approximate surface area is 159 Å². The molecule has 1 fully saturated rings. The number of methoxy groups -OCH3 is 1. The van der Waals surface area contributed by atoms with Gasteiger partial charge in [0.25, 0.3) is 0 Å². The van der Waals surface area contributed by atoms with Gasteiger partial charge in [-0.1, -0.05) is 18.2 Å². The number of nitrogens with zero attached hydrogens (tertiary/aromatic N) is 2. The molecule has 0 aliphatic carbocycles. The van der Waals surface area contributed by atoms with Crippen molar-refractivity contribution < 1.29 is 17.9 Å². The van der Waals surface area contributed by atoms with E-state index in [0.29, 0.717) is 42.9 Å². The summed E-state index contributed by atoms with van der Waals surface area (Å²) in [6.07, 6.45) is 2.57. The summed E-state index contributed by atoms with van der Waals surface area (Å²) in [6.45, 7) is 1.49. The zero-order valence-corrected chi connectivity index (χ0v) is 16.0. The van der Waals surface area contributed by atoms with Gasteiger partial charge < -0.3 is 10.1 Å². The fraction of sp³-hybridized carbons (Fsp3) is 0.368. The first-order chi connectivity index (χ1) is 13.0. The molecule has 0 amide bonds. The number of rotatable bonds is 6. The number of carbonyl (C=O) groups is 1. The molecular formula is C19H23N3O4S. The van der Waals surface area contributed by atoms with Crippen LogP contribution in [0, 0.1) is 0 Å². The molecule has 3 rings (SSSR count). The zero-order valence-electron chi connectivity index (χ0n) is 15.2. The molecule has 0 atom stereocenters. The number of pyridine rings is 1. The van der Waals surface area contributed by atoms with Crippen molar-refractivity contribution in [1.29, 1.82) is 0 Å². The molecule has 27 heavy (non-hydrogen) atoms. The number of ether oxygens (including phenoxy) is 1. The molecule has 1 aliphatic rings. The van der Waals surface area contributed by atoms with Crippen LogP contribution in [0.4, 0.5) is 5.69 Å². The Kier molecular flexibility index (Phi) is 6.08. The number of nitrogens with one attached hydrogen (secondary N) is 1. The van der Waals surface area contributed by atoms with E-state index < -0.39 is 21.2 Å². The van der Waals surface area contributed by atoms with Gasteiger partial charge in [-0.25, -0.2) is 13.2 Å². The van der Waals surface area contributed by atoms with E-state index in [9.17, 15) is 13.2 Å². The highest BCUT2D eigenvalue weighted by Gasteiger charge is 2.33. The summed E-state index contributed by atoms with van der Waals surface area (Å²) in [5.74, 6) is -0.476. The third kappa shape index (κ3) is 4.45. The predicted octanol–water partition coefficient (Wildman–Crippen LogP) is 1.96. The summed E-state index contributed by atoms with van der Waals surface area (Å²) < 4.78 is 32.7. The van der Waals surface area contributed by atoms with Crippen LogP contribution in [0.15, 0.2) is 48.7 Å². The highest BCUT2D eigenvalue weighted by Crippen LogP contribution is 2.26. The lowest BCUT2D eigenvalue weighted by Gasteiger charge is -2.31. The molecule has 7 nitrogen and oxygen atoms in total. The molecule has 144 valence electrons. The van der Waals surface area contributed by atoms with Crippen LogP contribution in [0.3, 0.4) is 0 Å². The summed E-state index contributed by atoms with van der Waals surface area (Å²) >= 11 is 0. The quantitative estimate of drug-likeness (QED) is 0.760. The summed E-state index contributed by atoms with van der Waals surface area (Å²) in [5, 5.41) is 2.78. The molecule has 1 aliphatic heterocycles. The maximum atomic E-state index is 13.3. The monoisotopic (exact) mass is 389 g/mol. The lowest BCUT2D eigenvalue weighted by molar-refractivity contribution is 0.0600. The van der Waals surface area contributed by atoms with Gasteiger partial charge >= 0.3 is 5.97 Å². The van der Waals surface area contributed by atoms with E-state index in [1.165, 1.54) is 17.6 Å². The molecule has 1 saturated heterocycles. The third-order valence-corrected chi connectivity index (χ3v) is 6.88. The zero-order chi connectivity index (χ0) is 19.3. The fourth-order valence-corrected chi connectivity index (χ4v) is 5.02. The Morgan fingerprint density at radius 3 is 2.48 bits per heavy atom. The Balaban J connectivity index is 1.90. The van der Waals surface area contributed by atoms with Crippen molar-refractivity contribution >= 4 is 21.7 Å². The van der Waals surface area contributed by atoms with Crippen molar-refractivity contribution in [1.82, 2.24) is 10.3 Å². The predicted molar refractivity (Wildman–Crippen MR) is 103 cm³/mol. The maximum absolute atomic E-state index is 13.3. The number of anilines is 1. The first-order valence-electron chi connectivity index (χ1n) is 8.83. The van der Waals surface area contributed by atoms with Crippen molar-refractivity contribution in [2.75, 3.05) is 24.5 Å². The second-order valence-corrected chi connectivity index (χ2v) is 8.50. The van der Waals surface area contributed by atoms with Gasteiger partial charge in [0, 0.05) is 6.20 Å².